The Morgan fingerprint density at radius 1 is 1.15 bits per heavy atom. The number of hydrogen-bond acceptors (Lipinski definition) is 4. The number of para-hydroxylation sites is 1. The predicted octanol–water partition coefficient (Wildman–Crippen LogP) is 2.99. The molecule has 0 saturated heterocycles. The van der Waals surface area contributed by atoms with E-state index >= 15 is 0 Å². The van der Waals surface area contributed by atoms with E-state index in [0.29, 0.717) is 17.0 Å². The molecule has 0 spiro atoms. The molecule has 0 fully saturated rings. The van der Waals surface area contributed by atoms with Gasteiger partial charge >= 0.3 is 0 Å². The van der Waals surface area contributed by atoms with E-state index in [1.54, 1.807) is 30.3 Å². The van der Waals surface area contributed by atoms with E-state index in [0.717, 1.165) is 0 Å². The second kappa shape index (κ2) is 5.65. The molecule has 0 radical (unpaired) electrons. The molecule has 0 aliphatic carbocycles. The minimum Gasteiger partial charge on any atom is -0.507 e. The van der Waals surface area contributed by atoms with Crippen molar-refractivity contribution in [3.05, 3.63) is 53.6 Å². The molecule has 0 heterocycles. The molecule has 4 nitrogen and oxygen atoms in total. The van der Waals surface area contributed by atoms with E-state index in [2.05, 4.69) is 0 Å². The Morgan fingerprint density at radius 2 is 1.85 bits per heavy atom. The molecule has 0 unspecified atom stereocenters. The number of ketones is 1. The van der Waals surface area contributed by atoms with E-state index in [-0.39, 0.29) is 23.2 Å². The van der Waals surface area contributed by atoms with Gasteiger partial charge < -0.3 is 15.6 Å². The molecule has 4 heteroatoms. The van der Waals surface area contributed by atoms with Crippen molar-refractivity contribution in [3.8, 4) is 11.5 Å². The maximum absolute atomic E-state index is 12.4. The molecule has 104 valence electrons. The number of phenolic OH excluding ortho intramolecular Hbond substituents is 1. The summed E-state index contributed by atoms with van der Waals surface area (Å²) in [6.07, 6.45) is -0.00992. The largest absolute Gasteiger partial charge is 0.507 e. The number of rotatable bonds is 4. The van der Waals surface area contributed by atoms with Crippen molar-refractivity contribution in [3.63, 3.8) is 0 Å². The summed E-state index contributed by atoms with van der Waals surface area (Å²) in [5.74, 6) is 0.125. The van der Waals surface area contributed by atoms with Gasteiger partial charge in [-0.25, -0.2) is 0 Å². The van der Waals surface area contributed by atoms with Crippen molar-refractivity contribution in [2.24, 2.45) is 0 Å². The number of nitrogen functional groups attached to an aromatic ring is 1. The van der Waals surface area contributed by atoms with Crippen molar-refractivity contribution in [1.82, 2.24) is 0 Å². The van der Waals surface area contributed by atoms with Gasteiger partial charge in [-0.3, -0.25) is 4.79 Å². The van der Waals surface area contributed by atoms with Crippen LogP contribution in [0, 0.1) is 0 Å². The standard InChI is InChI=1S/C16H17NO3/c1-10(2)20-11-7-8-15(18)13(9-11)16(19)12-5-3-4-6-14(12)17/h3-10,18H,17H2,1-2H3. The normalized spacial score (nSPS) is 10.6. The maximum atomic E-state index is 12.4. The SMILES string of the molecule is CC(C)Oc1ccc(O)c(C(=O)c2ccccc2N)c1. The van der Waals surface area contributed by atoms with Crippen LogP contribution in [0.25, 0.3) is 0 Å². The van der Waals surface area contributed by atoms with E-state index in [1.807, 2.05) is 13.8 Å². The minimum atomic E-state index is -0.324. The first-order chi connectivity index (χ1) is 9.49. The molecule has 0 bridgehead atoms. The van der Waals surface area contributed by atoms with Gasteiger partial charge in [0.05, 0.1) is 11.7 Å². The Bertz CT molecular complexity index is 635. The quantitative estimate of drug-likeness (QED) is 0.662. The average Bonchev–Trinajstić information content (AvgIpc) is 2.40. The number of aromatic hydroxyl groups is 1. The molecule has 2 rings (SSSR count). The van der Waals surface area contributed by atoms with E-state index in [9.17, 15) is 9.90 Å². The van der Waals surface area contributed by atoms with Gasteiger partial charge in [0.25, 0.3) is 0 Å². The van der Waals surface area contributed by atoms with Crippen LogP contribution in [0.1, 0.15) is 29.8 Å². The molecule has 20 heavy (non-hydrogen) atoms. The Balaban J connectivity index is 2.41. The van der Waals surface area contributed by atoms with Gasteiger partial charge in [0.1, 0.15) is 11.5 Å². The molecule has 0 atom stereocenters. The fourth-order valence-electron chi connectivity index (χ4n) is 1.89. The number of carbonyl (C=O) groups is 1. The van der Waals surface area contributed by atoms with E-state index < -0.39 is 0 Å². The van der Waals surface area contributed by atoms with E-state index in [1.165, 1.54) is 12.1 Å². The topological polar surface area (TPSA) is 72.5 Å². The van der Waals surface area contributed by atoms with Crippen LogP contribution in [-0.4, -0.2) is 17.0 Å². The molecule has 0 amide bonds. The number of benzene rings is 2. The van der Waals surface area contributed by atoms with Gasteiger partial charge in [-0.15, -0.1) is 0 Å². The highest BCUT2D eigenvalue weighted by Crippen LogP contribution is 2.27. The summed E-state index contributed by atoms with van der Waals surface area (Å²) in [7, 11) is 0. The molecule has 0 saturated carbocycles. The van der Waals surface area contributed by atoms with Gasteiger partial charge in [-0.05, 0) is 44.2 Å². The van der Waals surface area contributed by atoms with Crippen molar-refractivity contribution in [1.29, 1.82) is 0 Å². The maximum Gasteiger partial charge on any atom is 0.198 e. The summed E-state index contributed by atoms with van der Waals surface area (Å²) < 4.78 is 5.53. The van der Waals surface area contributed by atoms with Crippen LogP contribution >= 0.6 is 0 Å². The fraction of sp³-hybridized carbons (Fsp3) is 0.188. The van der Waals surface area contributed by atoms with Crippen LogP contribution < -0.4 is 10.5 Å². The first-order valence-electron chi connectivity index (χ1n) is 6.38. The van der Waals surface area contributed by atoms with Crippen LogP contribution in [0.2, 0.25) is 0 Å². The summed E-state index contributed by atoms with van der Waals surface area (Å²) in [5, 5.41) is 9.87. The third kappa shape index (κ3) is 2.91. The molecular formula is C16H17NO3. The first-order valence-corrected chi connectivity index (χ1v) is 6.38. The second-order valence-corrected chi connectivity index (χ2v) is 4.76. The van der Waals surface area contributed by atoms with Crippen LogP contribution in [0.5, 0.6) is 11.5 Å². The van der Waals surface area contributed by atoms with Crippen LogP contribution in [0.15, 0.2) is 42.5 Å². The van der Waals surface area contributed by atoms with Crippen molar-refractivity contribution < 1.29 is 14.6 Å². The number of carbonyl (C=O) groups excluding carboxylic acids is 1. The third-order valence-electron chi connectivity index (χ3n) is 2.79. The molecule has 0 aromatic heterocycles. The first kappa shape index (κ1) is 13.9. The van der Waals surface area contributed by atoms with E-state index in [4.69, 9.17) is 10.5 Å². The van der Waals surface area contributed by atoms with Crippen LogP contribution in [0.3, 0.4) is 0 Å². The summed E-state index contributed by atoms with van der Waals surface area (Å²) in [6, 6.07) is 11.4. The minimum absolute atomic E-state index is 0.00992. The molecule has 2 aromatic carbocycles. The van der Waals surface area contributed by atoms with Crippen molar-refractivity contribution in [2.75, 3.05) is 5.73 Å². The number of phenols is 1. The van der Waals surface area contributed by atoms with Crippen LogP contribution in [0.4, 0.5) is 5.69 Å². The zero-order valence-electron chi connectivity index (χ0n) is 11.5. The average molecular weight is 271 g/mol. The lowest BCUT2D eigenvalue weighted by molar-refractivity contribution is 0.103. The van der Waals surface area contributed by atoms with Crippen molar-refractivity contribution >= 4 is 11.5 Å². The van der Waals surface area contributed by atoms with Gasteiger partial charge in [0.2, 0.25) is 0 Å². The van der Waals surface area contributed by atoms with Gasteiger partial charge in [0.15, 0.2) is 5.78 Å². The Morgan fingerprint density at radius 3 is 2.50 bits per heavy atom. The number of ether oxygens (including phenoxy) is 1. The molecule has 0 aliphatic heterocycles. The summed E-state index contributed by atoms with van der Waals surface area (Å²) >= 11 is 0. The number of nitrogens with two attached hydrogens (primary N) is 1. The number of hydrogen-bond donors (Lipinski definition) is 2. The van der Waals surface area contributed by atoms with Gasteiger partial charge in [0, 0.05) is 11.3 Å². The second-order valence-electron chi connectivity index (χ2n) is 4.76. The monoisotopic (exact) mass is 271 g/mol. The predicted molar refractivity (Wildman–Crippen MR) is 78.2 cm³/mol. The zero-order chi connectivity index (χ0) is 14.7. The highest BCUT2D eigenvalue weighted by atomic mass is 16.5. The van der Waals surface area contributed by atoms with Crippen LogP contribution in [-0.2, 0) is 0 Å². The molecule has 2 aromatic rings. The lowest BCUT2D eigenvalue weighted by atomic mass is 10.0. The fourth-order valence-corrected chi connectivity index (χ4v) is 1.89. The third-order valence-corrected chi connectivity index (χ3v) is 2.79. The molecule has 0 aliphatic rings. The van der Waals surface area contributed by atoms with Gasteiger partial charge in [-0.2, -0.15) is 0 Å². The Kier molecular flexibility index (Phi) is 3.94. The highest BCUT2D eigenvalue weighted by molar-refractivity contribution is 6.13. The summed E-state index contributed by atoms with van der Waals surface area (Å²) in [5.41, 5.74) is 6.72. The lowest BCUT2D eigenvalue weighted by Crippen LogP contribution is -2.08. The summed E-state index contributed by atoms with van der Waals surface area (Å²) in [4.78, 5) is 12.4. The Labute approximate surface area is 117 Å². The summed E-state index contributed by atoms with van der Waals surface area (Å²) in [6.45, 7) is 3.78. The Hall–Kier alpha value is -2.49. The molecular weight excluding hydrogens is 254 g/mol. The van der Waals surface area contributed by atoms with Crippen molar-refractivity contribution in [2.45, 2.75) is 20.0 Å². The van der Waals surface area contributed by atoms with Gasteiger partial charge in [-0.1, -0.05) is 12.1 Å². The number of anilines is 1. The molecule has 3 N–H and O–H groups in total. The highest BCUT2D eigenvalue weighted by Gasteiger charge is 2.17. The zero-order valence-corrected chi connectivity index (χ0v) is 11.5. The smallest absolute Gasteiger partial charge is 0.198 e. The lowest BCUT2D eigenvalue weighted by Gasteiger charge is -2.12.